The number of likely N-dealkylation sites (tertiary alicyclic amines) is 1. The average molecular weight is 605 g/mol. The number of hydrogen-bond acceptors (Lipinski definition) is 8. The molecule has 3 aromatic rings. The number of aromatic nitrogens is 2. The number of fused-ring (bicyclic) bond motifs is 1. The van der Waals surface area contributed by atoms with Crippen LogP contribution in [0.5, 0.6) is 11.5 Å². The van der Waals surface area contributed by atoms with E-state index in [2.05, 4.69) is 11.8 Å². The Balaban J connectivity index is 1.55. The molecular weight excluding hydrogens is 560 g/mol. The maximum atomic E-state index is 13.7. The second-order valence-corrected chi connectivity index (χ2v) is 11.4. The van der Waals surface area contributed by atoms with Gasteiger partial charge in [-0.05, 0) is 62.9 Å². The van der Waals surface area contributed by atoms with Gasteiger partial charge in [0.25, 0.3) is 11.7 Å². The molecule has 0 spiro atoms. The number of rotatable bonds is 13. The molecule has 0 aliphatic carbocycles. The standard InChI is InChI=1S/C34H44N4O6/c1-5-7-8-19-44-26-13-12-25(22-27(26)43-6-2)30-28(31(39)29-24(4)37-15-9-11-23(3)33(37)35-29)32(40)34(41)38(30)16-10-14-36-17-20-42-21-18-36/h9,11-13,15,22,30,39H,5-8,10,14,16-21H2,1-4H3. The summed E-state index contributed by atoms with van der Waals surface area (Å²) in [7, 11) is 0. The van der Waals surface area contributed by atoms with Crippen molar-refractivity contribution in [3.8, 4) is 11.5 Å². The first-order valence-electron chi connectivity index (χ1n) is 15.8. The highest BCUT2D eigenvalue weighted by atomic mass is 16.5. The number of unbranched alkanes of at least 4 members (excludes halogenated alkanes) is 2. The Bertz CT molecular complexity index is 1520. The molecule has 2 fully saturated rings. The molecule has 4 heterocycles. The first-order valence-corrected chi connectivity index (χ1v) is 15.8. The van der Waals surface area contributed by atoms with Gasteiger partial charge in [-0.25, -0.2) is 4.98 Å². The summed E-state index contributed by atoms with van der Waals surface area (Å²) in [6.45, 7) is 13.0. The first-order chi connectivity index (χ1) is 21.3. The molecule has 0 bridgehead atoms. The lowest BCUT2D eigenvalue weighted by Gasteiger charge is -2.29. The zero-order valence-electron chi connectivity index (χ0n) is 26.3. The van der Waals surface area contributed by atoms with Gasteiger partial charge in [0.1, 0.15) is 11.3 Å². The zero-order valence-corrected chi connectivity index (χ0v) is 26.3. The molecule has 2 aliphatic heterocycles. The molecule has 0 radical (unpaired) electrons. The normalized spacial score (nSPS) is 18.8. The number of nitrogens with zero attached hydrogens (tertiary/aromatic N) is 4. The van der Waals surface area contributed by atoms with Crippen molar-refractivity contribution in [1.82, 2.24) is 19.2 Å². The summed E-state index contributed by atoms with van der Waals surface area (Å²) in [4.78, 5) is 35.9. The van der Waals surface area contributed by atoms with Crippen LogP contribution in [0.25, 0.3) is 11.4 Å². The number of morpholine rings is 1. The van der Waals surface area contributed by atoms with Crippen LogP contribution in [-0.4, -0.2) is 88.6 Å². The molecule has 1 unspecified atom stereocenters. The molecule has 1 amide bonds. The van der Waals surface area contributed by atoms with E-state index in [-0.39, 0.29) is 17.0 Å². The number of aryl methyl sites for hydroxylation is 2. The molecule has 1 atom stereocenters. The molecule has 10 heteroatoms. The van der Waals surface area contributed by atoms with E-state index in [4.69, 9.17) is 19.2 Å². The van der Waals surface area contributed by atoms with Crippen LogP contribution in [0.15, 0.2) is 42.1 Å². The number of aliphatic hydroxyl groups excluding tert-OH is 1. The van der Waals surface area contributed by atoms with Gasteiger partial charge in [0.05, 0.1) is 43.7 Å². The molecular formula is C34H44N4O6. The van der Waals surface area contributed by atoms with E-state index < -0.39 is 17.7 Å². The number of imidazole rings is 1. The first kappa shape index (κ1) is 31.5. The quantitative estimate of drug-likeness (QED) is 0.125. The van der Waals surface area contributed by atoms with E-state index >= 15 is 0 Å². The number of benzene rings is 1. The van der Waals surface area contributed by atoms with Crippen molar-refractivity contribution >= 4 is 23.1 Å². The number of ether oxygens (including phenoxy) is 3. The average Bonchev–Trinajstić information content (AvgIpc) is 3.50. The maximum absolute atomic E-state index is 13.7. The summed E-state index contributed by atoms with van der Waals surface area (Å²) in [5, 5.41) is 11.8. The Hall–Kier alpha value is -3.89. The van der Waals surface area contributed by atoms with Gasteiger partial charge < -0.3 is 28.6 Å². The van der Waals surface area contributed by atoms with Crippen molar-refractivity contribution in [3.05, 3.63) is 64.6 Å². The summed E-state index contributed by atoms with van der Waals surface area (Å²) in [6, 6.07) is 8.57. The molecule has 1 aromatic carbocycles. The number of pyridine rings is 1. The molecule has 2 aromatic heterocycles. The predicted molar refractivity (Wildman–Crippen MR) is 168 cm³/mol. The fourth-order valence-electron chi connectivity index (χ4n) is 6.04. The topological polar surface area (TPSA) is 106 Å². The summed E-state index contributed by atoms with van der Waals surface area (Å²) in [5.41, 5.74) is 3.29. The maximum Gasteiger partial charge on any atom is 0.295 e. The number of carbonyl (C=O) groups is 2. The third-order valence-corrected chi connectivity index (χ3v) is 8.41. The summed E-state index contributed by atoms with van der Waals surface area (Å²) < 4.78 is 19.4. The third-order valence-electron chi connectivity index (χ3n) is 8.41. The van der Waals surface area contributed by atoms with Crippen molar-refractivity contribution < 1.29 is 28.9 Å². The van der Waals surface area contributed by atoms with Crippen LogP contribution in [-0.2, 0) is 14.3 Å². The molecule has 2 aliphatic rings. The van der Waals surface area contributed by atoms with Crippen LogP contribution in [0, 0.1) is 13.8 Å². The van der Waals surface area contributed by atoms with Crippen molar-refractivity contribution in [2.45, 2.75) is 59.4 Å². The minimum Gasteiger partial charge on any atom is -0.505 e. The van der Waals surface area contributed by atoms with Gasteiger partial charge in [0.2, 0.25) is 0 Å². The molecule has 0 saturated carbocycles. The molecule has 10 nitrogen and oxygen atoms in total. The number of hydrogen-bond donors (Lipinski definition) is 1. The van der Waals surface area contributed by atoms with Gasteiger partial charge in [-0.15, -0.1) is 0 Å². The minimum absolute atomic E-state index is 0.0320. The summed E-state index contributed by atoms with van der Waals surface area (Å²) >= 11 is 0. The molecule has 236 valence electrons. The smallest absolute Gasteiger partial charge is 0.295 e. The highest BCUT2D eigenvalue weighted by Gasteiger charge is 2.46. The summed E-state index contributed by atoms with van der Waals surface area (Å²) in [6.07, 6.45) is 5.65. The predicted octanol–water partition coefficient (Wildman–Crippen LogP) is 5.06. The summed E-state index contributed by atoms with van der Waals surface area (Å²) in [5.74, 6) is -0.469. The van der Waals surface area contributed by atoms with E-state index in [1.54, 1.807) is 4.90 Å². The fraction of sp³-hybridized carbons (Fsp3) is 0.500. The second kappa shape index (κ2) is 14.3. The van der Waals surface area contributed by atoms with E-state index in [1.165, 1.54) is 0 Å². The number of amides is 1. The van der Waals surface area contributed by atoms with Crippen molar-refractivity contribution in [3.63, 3.8) is 0 Å². The van der Waals surface area contributed by atoms with Crippen molar-refractivity contribution in [2.24, 2.45) is 0 Å². The molecule has 44 heavy (non-hydrogen) atoms. The van der Waals surface area contributed by atoms with Crippen molar-refractivity contribution in [1.29, 1.82) is 0 Å². The van der Waals surface area contributed by atoms with Gasteiger partial charge in [-0.3, -0.25) is 14.5 Å². The van der Waals surface area contributed by atoms with Crippen LogP contribution in [0.1, 0.15) is 68.1 Å². The van der Waals surface area contributed by atoms with Crippen LogP contribution in [0.4, 0.5) is 0 Å². The van der Waals surface area contributed by atoms with Gasteiger partial charge in [-0.2, -0.15) is 0 Å². The zero-order chi connectivity index (χ0) is 31.2. The number of Topliss-reactive ketones (excluding diaryl/α,β-unsaturated/α-hetero) is 1. The molecule has 1 N–H and O–H groups in total. The second-order valence-electron chi connectivity index (χ2n) is 11.4. The number of carbonyl (C=O) groups excluding carboxylic acids is 2. The lowest BCUT2D eigenvalue weighted by atomic mass is 9.96. The third kappa shape index (κ3) is 6.46. The monoisotopic (exact) mass is 604 g/mol. The Morgan fingerprint density at radius 1 is 1.02 bits per heavy atom. The Kier molecular flexibility index (Phi) is 10.2. The Morgan fingerprint density at radius 3 is 2.55 bits per heavy atom. The van der Waals surface area contributed by atoms with Crippen molar-refractivity contribution in [2.75, 3.05) is 52.6 Å². The van der Waals surface area contributed by atoms with Crippen LogP contribution in [0.3, 0.4) is 0 Å². The van der Waals surface area contributed by atoms with Crippen LogP contribution < -0.4 is 9.47 Å². The van der Waals surface area contributed by atoms with Gasteiger partial charge in [-0.1, -0.05) is 31.9 Å². The van der Waals surface area contributed by atoms with Crippen LogP contribution in [0.2, 0.25) is 0 Å². The number of aliphatic hydroxyl groups is 1. The largest absolute Gasteiger partial charge is 0.505 e. The Labute approximate surface area is 259 Å². The SMILES string of the molecule is CCCCCOc1ccc(C2C(=C(O)c3nc4c(C)cccn4c3C)C(=O)C(=O)N2CCCN2CCOCC2)cc1OCC. The van der Waals surface area contributed by atoms with Gasteiger partial charge >= 0.3 is 0 Å². The van der Waals surface area contributed by atoms with Gasteiger partial charge in [0.15, 0.2) is 17.3 Å². The highest BCUT2D eigenvalue weighted by molar-refractivity contribution is 6.46. The van der Waals surface area contributed by atoms with Crippen LogP contribution >= 0.6 is 0 Å². The van der Waals surface area contributed by atoms with E-state index in [0.717, 1.165) is 44.5 Å². The lowest BCUT2D eigenvalue weighted by molar-refractivity contribution is -0.140. The fourth-order valence-corrected chi connectivity index (χ4v) is 6.04. The van der Waals surface area contributed by atoms with E-state index in [1.807, 2.05) is 61.7 Å². The number of ketones is 1. The van der Waals surface area contributed by atoms with E-state index in [0.29, 0.717) is 67.8 Å². The molecule has 2 saturated heterocycles. The minimum atomic E-state index is -0.807. The van der Waals surface area contributed by atoms with E-state index in [9.17, 15) is 14.7 Å². The lowest BCUT2D eigenvalue weighted by Crippen LogP contribution is -2.39. The highest BCUT2D eigenvalue weighted by Crippen LogP contribution is 2.42. The molecule has 5 rings (SSSR count). The Morgan fingerprint density at radius 2 is 1.82 bits per heavy atom. The van der Waals surface area contributed by atoms with Gasteiger partial charge in [0, 0.05) is 32.4 Å².